The number of nitro benzene ring substituents is 1. The number of nitro groups is 1. The van der Waals surface area contributed by atoms with Gasteiger partial charge in [-0.05, 0) is 50.6 Å². The molecule has 1 fully saturated rings. The number of benzene rings is 2. The van der Waals surface area contributed by atoms with Gasteiger partial charge in [-0.1, -0.05) is 32.0 Å². The lowest BCUT2D eigenvalue weighted by Gasteiger charge is -2.40. The second-order valence-corrected chi connectivity index (χ2v) is 10.8. The zero-order valence-corrected chi connectivity index (χ0v) is 21.9. The molecule has 10 heteroatoms. The van der Waals surface area contributed by atoms with Crippen molar-refractivity contribution in [2.75, 3.05) is 50.1 Å². The van der Waals surface area contributed by atoms with Crippen LogP contribution in [0.5, 0.6) is 0 Å². The summed E-state index contributed by atoms with van der Waals surface area (Å²) < 4.78 is 5.37. The van der Waals surface area contributed by atoms with Crippen LogP contribution < -0.4 is 15.1 Å². The molecule has 4 rings (SSSR count). The van der Waals surface area contributed by atoms with Crippen LogP contribution in [0.4, 0.5) is 21.9 Å². The van der Waals surface area contributed by atoms with E-state index >= 15 is 0 Å². The number of rotatable bonds is 8. The van der Waals surface area contributed by atoms with Gasteiger partial charge in [0.1, 0.15) is 12.3 Å². The molecule has 198 valence electrons. The molecule has 0 radical (unpaired) electrons. The highest BCUT2D eigenvalue weighted by atomic mass is 16.6. The van der Waals surface area contributed by atoms with Gasteiger partial charge in [-0.15, -0.1) is 0 Å². The molecule has 2 aliphatic rings. The number of hydrogen-bond donors (Lipinski definition) is 1. The van der Waals surface area contributed by atoms with E-state index in [1.54, 1.807) is 17.0 Å². The van der Waals surface area contributed by atoms with Gasteiger partial charge in [0.2, 0.25) is 0 Å². The molecule has 2 aromatic carbocycles. The SMILES string of the molecule is CN(C)CC(C)(C)CNC(=O)c1ccc(N2CCC(N3C(=O)OCc4ccccc43)CC2)c([N+](=O)[O-])c1. The molecule has 0 unspecified atom stereocenters. The average molecular weight is 510 g/mol. The van der Waals surface area contributed by atoms with Gasteiger partial charge < -0.3 is 19.9 Å². The second kappa shape index (κ2) is 10.8. The Kier molecular flexibility index (Phi) is 7.68. The zero-order valence-electron chi connectivity index (χ0n) is 21.9. The molecule has 0 aliphatic carbocycles. The number of nitrogens with one attached hydrogen (secondary N) is 1. The van der Waals surface area contributed by atoms with Crippen LogP contribution in [-0.2, 0) is 11.3 Å². The van der Waals surface area contributed by atoms with Gasteiger partial charge in [0.15, 0.2) is 0 Å². The number of para-hydroxylation sites is 1. The van der Waals surface area contributed by atoms with Crippen molar-refractivity contribution in [3.63, 3.8) is 0 Å². The van der Waals surface area contributed by atoms with Crippen LogP contribution in [-0.4, -0.2) is 68.1 Å². The van der Waals surface area contributed by atoms with Crippen LogP contribution in [0.15, 0.2) is 42.5 Å². The van der Waals surface area contributed by atoms with E-state index in [0.29, 0.717) is 38.2 Å². The van der Waals surface area contributed by atoms with E-state index in [1.807, 2.05) is 43.3 Å². The van der Waals surface area contributed by atoms with Crippen LogP contribution in [0.1, 0.15) is 42.6 Å². The smallest absolute Gasteiger partial charge is 0.414 e. The number of hydrogen-bond acceptors (Lipinski definition) is 7. The Bertz CT molecular complexity index is 1170. The fourth-order valence-electron chi connectivity index (χ4n) is 5.30. The minimum atomic E-state index is -0.438. The lowest BCUT2D eigenvalue weighted by molar-refractivity contribution is -0.384. The fraction of sp³-hybridized carbons (Fsp3) is 0.481. The molecule has 10 nitrogen and oxygen atoms in total. The molecule has 1 N–H and O–H groups in total. The Hall–Kier alpha value is -3.66. The highest BCUT2D eigenvalue weighted by Gasteiger charge is 2.35. The minimum absolute atomic E-state index is 0.0557. The van der Waals surface area contributed by atoms with E-state index in [1.165, 1.54) is 6.07 Å². The van der Waals surface area contributed by atoms with Gasteiger partial charge in [0.05, 0.1) is 10.6 Å². The van der Waals surface area contributed by atoms with E-state index in [9.17, 15) is 19.7 Å². The molecular weight excluding hydrogens is 474 g/mol. The summed E-state index contributed by atoms with van der Waals surface area (Å²) in [7, 11) is 3.96. The zero-order chi connectivity index (χ0) is 26.7. The van der Waals surface area contributed by atoms with Crippen molar-refractivity contribution in [3.8, 4) is 0 Å². The molecule has 37 heavy (non-hydrogen) atoms. The summed E-state index contributed by atoms with van der Waals surface area (Å²) in [4.78, 5) is 42.6. The summed E-state index contributed by atoms with van der Waals surface area (Å²) in [5, 5.41) is 14.9. The van der Waals surface area contributed by atoms with Crippen LogP contribution in [0, 0.1) is 15.5 Å². The maximum atomic E-state index is 12.8. The molecular formula is C27H35N5O5. The molecule has 2 amide bonds. The average Bonchev–Trinajstić information content (AvgIpc) is 2.86. The molecule has 1 saturated heterocycles. The Labute approximate surface area is 217 Å². The quantitative estimate of drug-likeness (QED) is 0.423. The molecule has 0 saturated carbocycles. The lowest BCUT2D eigenvalue weighted by Crippen LogP contribution is -2.49. The minimum Gasteiger partial charge on any atom is -0.444 e. The van der Waals surface area contributed by atoms with Gasteiger partial charge >= 0.3 is 6.09 Å². The summed E-state index contributed by atoms with van der Waals surface area (Å²) in [5.74, 6) is -0.331. The van der Waals surface area contributed by atoms with Crippen molar-refractivity contribution in [1.29, 1.82) is 0 Å². The van der Waals surface area contributed by atoms with Crippen molar-refractivity contribution < 1.29 is 19.2 Å². The molecule has 2 heterocycles. The van der Waals surface area contributed by atoms with E-state index in [-0.39, 0.29) is 41.3 Å². The molecule has 0 spiro atoms. The maximum absolute atomic E-state index is 12.8. The number of amides is 2. The normalized spacial score (nSPS) is 16.4. The topological polar surface area (TPSA) is 108 Å². The fourth-order valence-corrected chi connectivity index (χ4v) is 5.30. The van der Waals surface area contributed by atoms with E-state index in [0.717, 1.165) is 17.8 Å². The van der Waals surface area contributed by atoms with E-state index in [4.69, 9.17) is 4.74 Å². The van der Waals surface area contributed by atoms with Crippen LogP contribution >= 0.6 is 0 Å². The van der Waals surface area contributed by atoms with Crippen molar-refractivity contribution in [2.24, 2.45) is 5.41 Å². The molecule has 0 bridgehead atoms. The Balaban J connectivity index is 1.45. The number of anilines is 2. The first kappa shape index (κ1) is 26.4. The van der Waals surface area contributed by atoms with Crippen molar-refractivity contribution in [1.82, 2.24) is 10.2 Å². The number of nitrogens with zero attached hydrogens (tertiary/aromatic N) is 4. The van der Waals surface area contributed by atoms with Gasteiger partial charge in [0.25, 0.3) is 11.6 Å². The Morgan fingerprint density at radius 3 is 2.54 bits per heavy atom. The van der Waals surface area contributed by atoms with Crippen molar-refractivity contribution in [2.45, 2.75) is 39.3 Å². The number of carbonyl (C=O) groups excluding carboxylic acids is 2. The first-order valence-electron chi connectivity index (χ1n) is 12.6. The predicted octanol–water partition coefficient (Wildman–Crippen LogP) is 4.04. The summed E-state index contributed by atoms with van der Waals surface area (Å²) in [5.41, 5.74) is 2.34. The third kappa shape index (κ3) is 6.02. The Morgan fingerprint density at radius 1 is 1.16 bits per heavy atom. The lowest BCUT2D eigenvalue weighted by atomic mass is 9.93. The van der Waals surface area contributed by atoms with Crippen LogP contribution in [0.2, 0.25) is 0 Å². The monoisotopic (exact) mass is 509 g/mol. The summed E-state index contributed by atoms with van der Waals surface area (Å²) in [6, 6.07) is 12.3. The standard InChI is InChI=1S/C27H35N5O5/c1-27(2,18-29(3)4)17-28-25(33)19-9-10-23(24(15-19)32(35)36)30-13-11-21(12-14-30)31-22-8-6-5-7-20(22)16-37-26(31)34/h5-10,15,21H,11-14,16-18H2,1-4H3,(H,28,33). The number of piperidine rings is 1. The third-order valence-corrected chi connectivity index (χ3v) is 6.88. The van der Waals surface area contributed by atoms with Gasteiger partial charge in [0, 0.05) is 49.4 Å². The third-order valence-electron chi connectivity index (χ3n) is 6.88. The first-order chi connectivity index (χ1) is 17.6. The van der Waals surface area contributed by atoms with E-state index < -0.39 is 4.92 Å². The summed E-state index contributed by atoms with van der Waals surface area (Å²) >= 11 is 0. The maximum Gasteiger partial charge on any atom is 0.414 e. The first-order valence-corrected chi connectivity index (χ1v) is 12.6. The summed E-state index contributed by atoms with van der Waals surface area (Å²) in [6.07, 6.45) is 0.931. The van der Waals surface area contributed by atoms with Gasteiger partial charge in [-0.25, -0.2) is 4.79 Å². The summed E-state index contributed by atoms with van der Waals surface area (Å²) in [6.45, 7) is 6.72. The highest BCUT2D eigenvalue weighted by Crippen LogP contribution is 2.35. The van der Waals surface area contributed by atoms with Crippen LogP contribution in [0.3, 0.4) is 0 Å². The number of ether oxygens (including phenoxy) is 1. The Morgan fingerprint density at radius 2 is 1.86 bits per heavy atom. The highest BCUT2D eigenvalue weighted by molar-refractivity contribution is 5.96. The van der Waals surface area contributed by atoms with Crippen molar-refractivity contribution in [3.05, 3.63) is 63.7 Å². The van der Waals surface area contributed by atoms with Crippen LogP contribution in [0.25, 0.3) is 0 Å². The number of carbonyl (C=O) groups is 2. The molecule has 2 aromatic rings. The van der Waals surface area contributed by atoms with Gasteiger partial charge in [-0.2, -0.15) is 0 Å². The number of cyclic esters (lactones) is 1. The molecule has 0 aromatic heterocycles. The van der Waals surface area contributed by atoms with Gasteiger partial charge in [-0.3, -0.25) is 19.8 Å². The predicted molar refractivity (Wildman–Crippen MR) is 142 cm³/mol. The molecule has 0 atom stereocenters. The van der Waals surface area contributed by atoms with Crippen molar-refractivity contribution >= 4 is 29.1 Å². The molecule has 2 aliphatic heterocycles. The van der Waals surface area contributed by atoms with E-state index in [2.05, 4.69) is 24.1 Å². The second-order valence-electron chi connectivity index (χ2n) is 10.8. The largest absolute Gasteiger partial charge is 0.444 e. The number of fused-ring (bicyclic) bond motifs is 1.